The van der Waals surface area contributed by atoms with Crippen molar-refractivity contribution in [2.75, 3.05) is 25.0 Å². The molecule has 0 unspecified atom stereocenters. The fraction of sp³-hybridized carbons (Fsp3) is 0.316. The first-order valence-electron chi connectivity index (χ1n) is 8.72. The molecule has 3 heterocycles. The summed E-state index contributed by atoms with van der Waals surface area (Å²) >= 11 is 6.27. The number of carbonyl (C=O) groups excluding carboxylic acids is 1. The van der Waals surface area contributed by atoms with Crippen LogP contribution in [0.5, 0.6) is 0 Å². The number of rotatable bonds is 5. The number of amides is 2. The summed E-state index contributed by atoms with van der Waals surface area (Å²) in [7, 11) is 0. The Balaban J connectivity index is 1.64. The Hall–Kier alpha value is -2.55. The molecule has 2 aromatic rings. The molecule has 148 valence electrons. The minimum absolute atomic E-state index is 0.295. The predicted molar refractivity (Wildman–Crippen MR) is 104 cm³/mol. The van der Waals surface area contributed by atoms with E-state index in [1.807, 2.05) is 6.08 Å². The van der Waals surface area contributed by atoms with Crippen LogP contribution in [0.4, 0.5) is 15.0 Å². The molecule has 1 aliphatic rings. The van der Waals surface area contributed by atoms with Gasteiger partial charge in [0.2, 0.25) is 0 Å². The van der Waals surface area contributed by atoms with Crippen LogP contribution in [0.15, 0.2) is 36.7 Å². The topological polar surface area (TPSA) is 98.6 Å². The lowest BCUT2D eigenvalue weighted by atomic mass is 10.0. The average molecular weight is 407 g/mol. The van der Waals surface area contributed by atoms with E-state index in [0.717, 1.165) is 5.57 Å². The molecule has 2 aromatic heterocycles. The molecule has 1 atom stereocenters. The highest BCUT2D eigenvalue weighted by Gasteiger charge is 2.21. The van der Waals surface area contributed by atoms with Crippen molar-refractivity contribution in [1.29, 1.82) is 0 Å². The van der Waals surface area contributed by atoms with Gasteiger partial charge in [-0.2, -0.15) is 0 Å². The molecule has 28 heavy (non-hydrogen) atoms. The zero-order valence-electron chi connectivity index (χ0n) is 15.0. The molecule has 0 radical (unpaired) electrons. The summed E-state index contributed by atoms with van der Waals surface area (Å²) in [5, 5.41) is 21.7. The molecule has 3 rings (SSSR count). The van der Waals surface area contributed by atoms with Crippen LogP contribution in [0, 0.1) is 0 Å². The molecular weight excluding hydrogens is 387 g/mol. The monoisotopic (exact) mass is 406 g/mol. The number of hydrogen-bond acceptors (Lipinski definition) is 5. The Morgan fingerprint density at radius 2 is 2.18 bits per heavy atom. The van der Waals surface area contributed by atoms with Gasteiger partial charge in [-0.1, -0.05) is 23.7 Å². The second-order valence-electron chi connectivity index (χ2n) is 6.34. The minimum atomic E-state index is -1.02. The van der Waals surface area contributed by atoms with Gasteiger partial charge in [-0.25, -0.2) is 14.2 Å². The number of anilines is 1. The molecule has 0 saturated carbocycles. The fourth-order valence-electron chi connectivity index (χ4n) is 2.81. The second kappa shape index (κ2) is 9.09. The zero-order valence-corrected chi connectivity index (χ0v) is 15.7. The van der Waals surface area contributed by atoms with Crippen molar-refractivity contribution in [1.82, 2.24) is 14.9 Å². The van der Waals surface area contributed by atoms with Crippen molar-refractivity contribution in [3.8, 4) is 0 Å². The van der Waals surface area contributed by atoms with E-state index in [2.05, 4.69) is 15.3 Å². The van der Waals surface area contributed by atoms with Gasteiger partial charge in [-0.3, -0.25) is 10.3 Å². The molecule has 9 heteroatoms. The van der Waals surface area contributed by atoms with Gasteiger partial charge in [0.25, 0.3) is 0 Å². The van der Waals surface area contributed by atoms with E-state index in [1.165, 1.54) is 12.4 Å². The maximum atomic E-state index is 12.5. The van der Waals surface area contributed by atoms with Crippen LogP contribution in [-0.2, 0) is 6.67 Å². The number of alkyl halides is 1. The molecular formula is C19H20ClFN4O3. The molecule has 0 fully saturated rings. The molecule has 1 aliphatic heterocycles. The number of pyridine rings is 2. The third kappa shape index (κ3) is 4.64. The van der Waals surface area contributed by atoms with E-state index < -0.39 is 19.4 Å². The first kappa shape index (κ1) is 20.2. The SMILES string of the molecule is O=C(Nc1ccc(CF)cn1)N1CC=C(c2ncc([C@@H](O)CO)cc2Cl)CC1. The van der Waals surface area contributed by atoms with Gasteiger partial charge in [0, 0.05) is 36.6 Å². The number of hydrogen-bond donors (Lipinski definition) is 3. The molecule has 0 aromatic carbocycles. The number of nitrogens with one attached hydrogen (secondary N) is 1. The molecule has 0 saturated heterocycles. The van der Waals surface area contributed by atoms with E-state index in [9.17, 15) is 14.3 Å². The van der Waals surface area contributed by atoms with E-state index in [-0.39, 0.29) is 6.03 Å². The van der Waals surface area contributed by atoms with Crippen LogP contribution in [0.3, 0.4) is 0 Å². The fourth-order valence-corrected chi connectivity index (χ4v) is 3.11. The summed E-state index contributed by atoms with van der Waals surface area (Å²) in [4.78, 5) is 22.3. The van der Waals surface area contributed by atoms with Crippen LogP contribution < -0.4 is 5.32 Å². The van der Waals surface area contributed by atoms with Gasteiger partial charge in [-0.15, -0.1) is 0 Å². The van der Waals surface area contributed by atoms with Crippen LogP contribution in [0.1, 0.15) is 29.3 Å². The Bertz CT molecular complexity index is 876. The maximum Gasteiger partial charge on any atom is 0.323 e. The summed E-state index contributed by atoms with van der Waals surface area (Å²) in [6, 6.07) is 4.42. The van der Waals surface area contributed by atoms with Crippen molar-refractivity contribution in [3.63, 3.8) is 0 Å². The summed E-state index contributed by atoms with van der Waals surface area (Å²) < 4.78 is 12.5. The highest BCUT2D eigenvalue weighted by Crippen LogP contribution is 2.29. The number of carbonyl (C=O) groups is 1. The number of aliphatic hydroxyl groups is 2. The maximum absolute atomic E-state index is 12.5. The smallest absolute Gasteiger partial charge is 0.323 e. The van der Waals surface area contributed by atoms with Gasteiger partial charge in [0.1, 0.15) is 18.6 Å². The van der Waals surface area contributed by atoms with Crippen molar-refractivity contribution < 1.29 is 19.4 Å². The first-order valence-corrected chi connectivity index (χ1v) is 9.10. The summed E-state index contributed by atoms with van der Waals surface area (Å²) in [6.07, 6.45) is 4.28. The molecule has 0 bridgehead atoms. The summed E-state index contributed by atoms with van der Waals surface area (Å²) in [5.74, 6) is 0.361. The van der Waals surface area contributed by atoms with E-state index in [1.54, 1.807) is 23.1 Å². The van der Waals surface area contributed by atoms with Gasteiger partial charge in [0.15, 0.2) is 0 Å². The van der Waals surface area contributed by atoms with E-state index >= 15 is 0 Å². The standard InChI is InChI=1S/C19H20ClFN4O3/c20-15-7-14(16(27)11-26)10-23-18(15)13-3-5-25(6-4-13)19(28)24-17-2-1-12(8-21)9-22-17/h1-3,7,9-10,16,26-27H,4-6,8,11H2,(H,22,24,28)/t16-/m0/s1. The third-order valence-corrected chi connectivity index (χ3v) is 4.72. The quantitative estimate of drug-likeness (QED) is 0.709. The average Bonchev–Trinajstić information content (AvgIpc) is 2.73. The Morgan fingerprint density at radius 1 is 1.36 bits per heavy atom. The van der Waals surface area contributed by atoms with Gasteiger partial charge in [-0.05, 0) is 24.1 Å². The normalized spacial score (nSPS) is 15.1. The van der Waals surface area contributed by atoms with Gasteiger partial charge >= 0.3 is 6.03 Å². The van der Waals surface area contributed by atoms with Gasteiger partial charge in [0.05, 0.1) is 17.3 Å². The van der Waals surface area contributed by atoms with E-state index in [0.29, 0.717) is 47.2 Å². The van der Waals surface area contributed by atoms with Crippen molar-refractivity contribution in [2.45, 2.75) is 19.2 Å². The lowest BCUT2D eigenvalue weighted by Gasteiger charge is -2.26. The number of aromatic nitrogens is 2. The number of nitrogens with zero attached hydrogens (tertiary/aromatic N) is 3. The predicted octanol–water partition coefficient (Wildman–Crippen LogP) is 2.95. The highest BCUT2D eigenvalue weighted by atomic mass is 35.5. The molecule has 0 aliphatic carbocycles. The van der Waals surface area contributed by atoms with Crippen LogP contribution >= 0.6 is 11.6 Å². The first-order chi connectivity index (χ1) is 13.5. The lowest BCUT2D eigenvalue weighted by molar-refractivity contribution is 0.0953. The van der Waals surface area contributed by atoms with Crippen LogP contribution in [0.2, 0.25) is 5.02 Å². The molecule has 7 nitrogen and oxygen atoms in total. The largest absolute Gasteiger partial charge is 0.393 e. The van der Waals surface area contributed by atoms with Crippen molar-refractivity contribution in [3.05, 3.63) is 58.5 Å². The van der Waals surface area contributed by atoms with E-state index in [4.69, 9.17) is 16.7 Å². The highest BCUT2D eigenvalue weighted by molar-refractivity contribution is 6.32. The van der Waals surface area contributed by atoms with Crippen molar-refractivity contribution >= 4 is 29.0 Å². The summed E-state index contributed by atoms with van der Waals surface area (Å²) in [6.45, 7) is -0.158. The molecule has 3 N–H and O–H groups in total. The number of halogens is 2. The minimum Gasteiger partial charge on any atom is -0.393 e. The third-order valence-electron chi connectivity index (χ3n) is 4.43. The number of aliphatic hydroxyl groups excluding tert-OH is 2. The second-order valence-corrected chi connectivity index (χ2v) is 6.75. The summed E-state index contributed by atoms with van der Waals surface area (Å²) in [5.41, 5.74) is 2.40. The number of urea groups is 1. The zero-order chi connectivity index (χ0) is 20.1. The Labute approximate surface area is 166 Å². The Kier molecular flexibility index (Phi) is 6.56. The van der Waals surface area contributed by atoms with Crippen LogP contribution in [-0.4, -0.2) is 50.8 Å². The lowest BCUT2D eigenvalue weighted by Crippen LogP contribution is -2.38. The molecule has 2 amide bonds. The molecule has 0 spiro atoms. The van der Waals surface area contributed by atoms with Crippen LogP contribution in [0.25, 0.3) is 5.57 Å². The Morgan fingerprint density at radius 3 is 2.75 bits per heavy atom. The van der Waals surface area contributed by atoms with Gasteiger partial charge < -0.3 is 15.1 Å². The van der Waals surface area contributed by atoms with Crippen molar-refractivity contribution in [2.24, 2.45) is 0 Å².